The molecule has 0 radical (unpaired) electrons. The fraction of sp³-hybridized carbons (Fsp3) is 0.543. The van der Waals surface area contributed by atoms with E-state index in [1.165, 1.54) is 18.9 Å². The number of benzene rings is 1. The molecule has 2 N–H and O–H groups in total. The monoisotopic (exact) mass is 601 g/mol. The Morgan fingerprint density at radius 1 is 1.11 bits per heavy atom. The average molecular weight is 602 g/mol. The zero-order valence-electron chi connectivity index (χ0n) is 25.7. The molecule has 7 rings (SSSR count). The SMILES string of the molecule is CC[C@@]1(O)C(=O)OCc2c1cc1n(c2=O)Cc2c-1nc1cc(F)c(C)c3c1c2[C@@H](NC(=O)C1CCCCCC(C)CC1)CC3. The summed E-state index contributed by atoms with van der Waals surface area (Å²) in [5.41, 5.74) is 2.91. The smallest absolute Gasteiger partial charge is 0.343 e. The first-order chi connectivity index (χ1) is 21.1. The lowest BCUT2D eigenvalue weighted by Crippen LogP contribution is -2.44. The van der Waals surface area contributed by atoms with Crippen LogP contribution in [0.4, 0.5) is 4.39 Å². The van der Waals surface area contributed by atoms with Gasteiger partial charge in [0.2, 0.25) is 5.91 Å². The molecular weight excluding hydrogens is 561 g/mol. The Balaban J connectivity index is 1.36. The minimum Gasteiger partial charge on any atom is -0.458 e. The van der Waals surface area contributed by atoms with Gasteiger partial charge in [0.15, 0.2) is 5.60 Å². The van der Waals surface area contributed by atoms with Gasteiger partial charge in [0.25, 0.3) is 5.56 Å². The third kappa shape index (κ3) is 4.41. The Hall–Kier alpha value is -3.59. The molecule has 9 heteroatoms. The fourth-order valence-corrected chi connectivity index (χ4v) is 8.09. The molecule has 1 aromatic carbocycles. The van der Waals surface area contributed by atoms with Gasteiger partial charge in [-0.2, -0.15) is 0 Å². The number of rotatable bonds is 3. The van der Waals surface area contributed by atoms with Crippen molar-refractivity contribution in [2.75, 3.05) is 0 Å². The van der Waals surface area contributed by atoms with E-state index in [1.54, 1.807) is 24.5 Å². The minimum absolute atomic E-state index is 0.0481. The van der Waals surface area contributed by atoms with Crippen LogP contribution in [0.3, 0.4) is 0 Å². The van der Waals surface area contributed by atoms with Gasteiger partial charge in [-0.25, -0.2) is 14.2 Å². The quantitative estimate of drug-likeness (QED) is 0.295. The zero-order valence-corrected chi connectivity index (χ0v) is 25.7. The molecule has 1 fully saturated rings. The first-order valence-electron chi connectivity index (χ1n) is 16.2. The highest BCUT2D eigenvalue weighted by atomic mass is 19.1. The van der Waals surface area contributed by atoms with Gasteiger partial charge in [-0.3, -0.25) is 9.59 Å². The molecule has 4 atom stereocenters. The minimum atomic E-state index is -1.93. The Bertz CT molecular complexity index is 1780. The number of hydrogen-bond donors (Lipinski definition) is 2. The molecule has 0 spiro atoms. The van der Waals surface area contributed by atoms with E-state index in [-0.39, 0.29) is 59.9 Å². The molecule has 0 bridgehead atoms. The van der Waals surface area contributed by atoms with E-state index in [9.17, 15) is 19.5 Å². The molecule has 4 heterocycles. The summed E-state index contributed by atoms with van der Waals surface area (Å²) >= 11 is 0. The van der Waals surface area contributed by atoms with E-state index in [4.69, 9.17) is 9.72 Å². The summed E-state index contributed by atoms with van der Waals surface area (Å²) in [4.78, 5) is 45.3. The van der Waals surface area contributed by atoms with Crippen molar-refractivity contribution in [3.05, 3.63) is 61.7 Å². The van der Waals surface area contributed by atoms with Gasteiger partial charge in [0.05, 0.1) is 35.1 Å². The zero-order chi connectivity index (χ0) is 30.9. The maximum absolute atomic E-state index is 15.2. The number of nitrogens with one attached hydrogen (secondary N) is 1. The molecule has 2 aliphatic heterocycles. The second-order valence-electron chi connectivity index (χ2n) is 13.4. The predicted octanol–water partition coefficient (Wildman–Crippen LogP) is 5.63. The van der Waals surface area contributed by atoms with Gasteiger partial charge in [-0.15, -0.1) is 0 Å². The number of carbonyl (C=O) groups excluding carboxylic acids is 2. The maximum atomic E-state index is 15.2. The van der Waals surface area contributed by atoms with E-state index in [1.807, 2.05) is 0 Å². The molecular formula is C35H40FN3O5. The Kier molecular flexibility index (Phi) is 7.15. The number of pyridine rings is 2. The van der Waals surface area contributed by atoms with Gasteiger partial charge in [-0.1, -0.05) is 39.5 Å². The lowest BCUT2D eigenvalue weighted by molar-refractivity contribution is -0.172. The molecule has 4 aliphatic rings. The fourth-order valence-electron chi connectivity index (χ4n) is 8.09. The second-order valence-corrected chi connectivity index (χ2v) is 13.4. The summed E-state index contributed by atoms with van der Waals surface area (Å²) in [5, 5.41) is 15.6. The van der Waals surface area contributed by atoms with E-state index in [0.717, 1.165) is 54.2 Å². The summed E-state index contributed by atoms with van der Waals surface area (Å²) in [6, 6.07) is 2.82. The molecule has 3 aromatic rings. The van der Waals surface area contributed by atoms with Crippen LogP contribution >= 0.6 is 0 Å². The number of aromatic nitrogens is 2. The average Bonchev–Trinajstić information content (AvgIpc) is 3.42. The molecule has 44 heavy (non-hydrogen) atoms. The van der Waals surface area contributed by atoms with Crippen LogP contribution in [0.2, 0.25) is 0 Å². The van der Waals surface area contributed by atoms with Crippen LogP contribution in [0.1, 0.15) is 111 Å². The highest BCUT2D eigenvalue weighted by molar-refractivity contribution is 5.94. The standard InChI is InChI=1S/C35H40FN3O5/c1-4-35(43)24-14-28-31-22(16-39(28)33(41)23(24)17-44-34(35)42)30-26(13-12-21-19(3)25(36)15-27(37-31)29(21)30)38-32(40)20-9-7-5-6-8-18(2)10-11-20/h14-15,18,20,26,43H,4-13,16-17H2,1-3H3,(H,38,40)/t18?,20?,26-,35-/m0/s1. The number of carbonyl (C=O) groups is 2. The van der Waals surface area contributed by atoms with Crippen LogP contribution in [0.5, 0.6) is 0 Å². The predicted molar refractivity (Wildman–Crippen MR) is 163 cm³/mol. The van der Waals surface area contributed by atoms with Gasteiger partial charge in [0.1, 0.15) is 12.4 Å². The highest BCUT2D eigenvalue weighted by Crippen LogP contribution is 2.46. The van der Waals surface area contributed by atoms with Crippen LogP contribution in [0.25, 0.3) is 22.3 Å². The number of aliphatic hydroxyl groups is 1. The molecule has 232 valence electrons. The molecule has 1 amide bonds. The van der Waals surface area contributed by atoms with Gasteiger partial charge >= 0.3 is 5.97 Å². The number of aryl methyl sites for hydroxylation is 1. The van der Waals surface area contributed by atoms with Crippen molar-refractivity contribution in [1.82, 2.24) is 14.9 Å². The van der Waals surface area contributed by atoms with Crippen LogP contribution < -0.4 is 10.9 Å². The number of ether oxygens (including phenoxy) is 1. The Morgan fingerprint density at radius 3 is 2.70 bits per heavy atom. The van der Waals surface area contributed by atoms with Crippen molar-refractivity contribution in [2.24, 2.45) is 11.8 Å². The normalized spacial score (nSPS) is 26.1. The van der Waals surface area contributed by atoms with E-state index >= 15 is 4.39 Å². The first-order valence-corrected chi connectivity index (χ1v) is 16.2. The molecule has 1 saturated carbocycles. The number of fused-ring (bicyclic) bond motifs is 5. The van der Waals surface area contributed by atoms with Crippen molar-refractivity contribution in [1.29, 1.82) is 0 Å². The molecule has 8 nitrogen and oxygen atoms in total. The van der Waals surface area contributed by atoms with Crippen molar-refractivity contribution in [3.63, 3.8) is 0 Å². The van der Waals surface area contributed by atoms with E-state index in [0.29, 0.717) is 41.2 Å². The maximum Gasteiger partial charge on any atom is 0.343 e. The first kappa shape index (κ1) is 29.1. The summed E-state index contributed by atoms with van der Waals surface area (Å²) in [7, 11) is 0. The number of hydrogen-bond acceptors (Lipinski definition) is 6. The van der Waals surface area contributed by atoms with Crippen molar-refractivity contribution < 1.29 is 23.8 Å². The largest absolute Gasteiger partial charge is 0.458 e. The Morgan fingerprint density at radius 2 is 1.91 bits per heavy atom. The highest BCUT2D eigenvalue weighted by Gasteiger charge is 2.46. The van der Waals surface area contributed by atoms with Crippen LogP contribution in [-0.2, 0) is 39.5 Å². The number of esters is 1. The van der Waals surface area contributed by atoms with E-state index < -0.39 is 11.6 Å². The topological polar surface area (TPSA) is 111 Å². The third-order valence-corrected chi connectivity index (χ3v) is 10.8. The number of amides is 1. The summed E-state index contributed by atoms with van der Waals surface area (Å²) in [5.74, 6) is -0.484. The van der Waals surface area contributed by atoms with Crippen molar-refractivity contribution in [3.8, 4) is 11.4 Å². The van der Waals surface area contributed by atoms with E-state index in [2.05, 4.69) is 12.2 Å². The molecule has 0 saturated heterocycles. The lowest BCUT2D eigenvalue weighted by atomic mass is 9.81. The summed E-state index contributed by atoms with van der Waals surface area (Å²) in [6.07, 6.45) is 8.70. The molecule has 2 aliphatic carbocycles. The third-order valence-electron chi connectivity index (χ3n) is 10.8. The molecule has 2 unspecified atom stereocenters. The van der Waals surface area contributed by atoms with Crippen molar-refractivity contribution in [2.45, 2.75) is 110 Å². The van der Waals surface area contributed by atoms with Gasteiger partial charge in [-0.05, 0) is 74.1 Å². The number of cyclic esters (lactones) is 1. The van der Waals surface area contributed by atoms with Crippen LogP contribution in [0.15, 0.2) is 16.9 Å². The van der Waals surface area contributed by atoms with Crippen LogP contribution in [0, 0.1) is 24.6 Å². The van der Waals surface area contributed by atoms with Gasteiger partial charge in [0, 0.05) is 28.5 Å². The lowest BCUT2D eigenvalue weighted by Gasteiger charge is -2.31. The van der Waals surface area contributed by atoms with Crippen molar-refractivity contribution >= 4 is 22.8 Å². The molecule has 2 aromatic heterocycles. The van der Waals surface area contributed by atoms with Gasteiger partial charge < -0.3 is 19.7 Å². The summed E-state index contributed by atoms with van der Waals surface area (Å²) in [6.45, 7) is 5.76. The Labute approximate surface area is 256 Å². The second kappa shape index (κ2) is 10.8. The number of nitrogens with zero attached hydrogens (tertiary/aromatic N) is 2. The number of halogens is 1. The summed E-state index contributed by atoms with van der Waals surface area (Å²) < 4.78 is 22.1. The van der Waals surface area contributed by atoms with Crippen LogP contribution in [-0.4, -0.2) is 26.5 Å².